The molecule has 1 saturated carbocycles. The molecule has 6 heteroatoms. The summed E-state index contributed by atoms with van der Waals surface area (Å²) in [6.07, 6.45) is 4.67. The van der Waals surface area contributed by atoms with Crippen molar-refractivity contribution in [2.24, 2.45) is 0 Å². The van der Waals surface area contributed by atoms with Crippen molar-refractivity contribution in [2.45, 2.75) is 64.2 Å². The van der Waals surface area contributed by atoms with Gasteiger partial charge in [-0.15, -0.1) is 0 Å². The van der Waals surface area contributed by atoms with E-state index < -0.39 is 11.7 Å². The number of hydrogen-bond acceptors (Lipinski definition) is 6. The molecule has 1 atom stereocenters. The van der Waals surface area contributed by atoms with Gasteiger partial charge in [-0.3, -0.25) is 0 Å². The Morgan fingerprint density at radius 3 is 2.50 bits per heavy atom. The minimum Gasteiger partial charge on any atom is -0.493 e. The highest BCUT2D eigenvalue weighted by molar-refractivity contribution is 5.43. The van der Waals surface area contributed by atoms with Crippen LogP contribution in [0.2, 0.25) is 0 Å². The molecule has 160 valence electrons. The maximum Gasteiger partial charge on any atom is 0.161 e. The Balaban J connectivity index is 1.83. The zero-order valence-corrected chi connectivity index (χ0v) is 17.7. The number of benzene rings is 1. The number of likely N-dealkylation sites (N-methyl/N-ethyl adjacent to an activating group) is 1. The fourth-order valence-corrected chi connectivity index (χ4v) is 3.79. The van der Waals surface area contributed by atoms with Crippen LogP contribution >= 0.6 is 0 Å². The van der Waals surface area contributed by atoms with Crippen molar-refractivity contribution in [1.29, 1.82) is 0 Å². The number of hydrogen-bond donors (Lipinski definition) is 3. The first-order valence-corrected chi connectivity index (χ1v) is 10.6. The molecule has 1 fully saturated rings. The van der Waals surface area contributed by atoms with Crippen LogP contribution in [-0.4, -0.2) is 66.7 Å². The lowest BCUT2D eigenvalue weighted by Crippen LogP contribution is -2.41. The van der Waals surface area contributed by atoms with Crippen molar-refractivity contribution in [3.63, 3.8) is 0 Å². The highest BCUT2D eigenvalue weighted by atomic mass is 16.5. The lowest BCUT2D eigenvalue weighted by molar-refractivity contribution is 0.00467. The van der Waals surface area contributed by atoms with Gasteiger partial charge in [0.25, 0.3) is 0 Å². The summed E-state index contributed by atoms with van der Waals surface area (Å²) in [4.78, 5) is 2.17. The van der Waals surface area contributed by atoms with Crippen LogP contribution in [0.25, 0.3) is 0 Å². The minimum atomic E-state index is -0.563. The summed E-state index contributed by atoms with van der Waals surface area (Å²) in [7, 11) is 1.62. The minimum absolute atomic E-state index is 0.234. The van der Waals surface area contributed by atoms with Gasteiger partial charge in [-0.2, -0.15) is 0 Å². The summed E-state index contributed by atoms with van der Waals surface area (Å²) in [6, 6.07) is 5.83. The van der Waals surface area contributed by atoms with Gasteiger partial charge in [-0.25, -0.2) is 0 Å². The molecule has 1 unspecified atom stereocenters. The van der Waals surface area contributed by atoms with Crippen LogP contribution in [0.3, 0.4) is 0 Å². The topological polar surface area (TPSA) is 74.2 Å². The van der Waals surface area contributed by atoms with Gasteiger partial charge in [0.05, 0.1) is 12.7 Å². The number of rotatable bonds is 12. The van der Waals surface area contributed by atoms with E-state index in [4.69, 9.17) is 9.47 Å². The van der Waals surface area contributed by atoms with Crippen LogP contribution in [0.5, 0.6) is 11.5 Å². The first kappa shape index (κ1) is 22.9. The average molecular weight is 395 g/mol. The molecule has 1 aliphatic rings. The van der Waals surface area contributed by atoms with E-state index >= 15 is 0 Å². The van der Waals surface area contributed by atoms with Crippen molar-refractivity contribution in [3.05, 3.63) is 23.8 Å². The first-order valence-electron chi connectivity index (χ1n) is 10.6. The number of nitrogens with zero attached hydrogens (tertiary/aromatic N) is 1. The van der Waals surface area contributed by atoms with Gasteiger partial charge < -0.3 is 29.9 Å². The maximum absolute atomic E-state index is 10.6. The molecule has 1 aliphatic carbocycles. The lowest BCUT2D eigenvalue weighted by Gasteiger charge is -2.32. The largest absolute Gasteiger partial charge is 0.493 e. The monoisotopic (exact) mass is 394 g/mol. The zero-order valence-electron chi connectivity index (χ0n) is 17.7. The van der Waals surface area contributed by atoms with E-state index in [1.807, 2.05) is 18.2 Å². The fourth-order valence-electron chi connectivity index (χ4n) is 3.79. The van der Waals surface area contributed by atoms with E-state index in [0.717, 1.165) is 44.3 Å². The predicted octanol–water partition coefficient (Wildman–Crippen LogP) is 2.56. The predicted molar refractivity (Wildman–Crippen MR) is 112 cm³/mol. The van der Waals surface area contributed by atoms with E-state index in [9.17, 15) is 10.2 Å². The Morgan fingerprint density at radius 1 is 1.14 bits per heavy atom. The zero-order chi connectivity index (χ0) is 20.4. The molecule has 6 nitrogen and oxygen atoms in total. The van der Waals surface area contributed by atoms with Crippen LogP contribution in [0, 0.1) is 0 Å². The number of aliphatic hydroxyl groups is 2. The van der Waals surface area contributed by atoms with Gasteiger partial charge in [-0.05, 0) is 43.6 Å². The maximum atomic E-state index is 10.6. The van der Waals surface area contributed by atoms with Crippen molar-refractivity contribution < 1.29 is 19.7 Å². The molecule has 28 heavy (non-hydrogen) atoms. The summed E-state index contributed by atoms with van der Waals surface area (Å²) in [6.45, 7) is 8.10. The summed E-state index contributed by atoms with van der Waals surface area (Å²) in [5.74, 6) is 1.29. The van der Waals surface area contributed by atoms with E-state index in [0.29, 0.717) is 31.1 Å². The Kier molecular flexibility index (Phi) is 9.51. The molecule has 0 radical (unpaired) electrons. The van der Waals surface area contributed by atoms with Crippen LogP contribution in [0.4, 0.5) is 0 Å². The summed E-state index contributed by atoms with van der Waals surface area (Å²) in [5.41, 5.74) is 0.513. The molecule has 0 saturated heterocycles. The number of methoxy groups -OCH3 is 1. The molecule has 1 aromatic carbocycles. The Bertz CT molecular complexity index is 572. The third kappa shape index (κ3) is 7.24. The molecule has 1 aromatic rings. The van der Waals surface area contributed by atoms with Crippen LogP contribution in [0.15, 0.2) is 18.2 Å². The SMILES string of the molecule is CCN(CC)CC(O)COc1ccc(CNCC2(O)CCCCC2)cc1OC. The summed E-state index contributed by atoms with van der Waals surface area (Å²) < 4.78 is 11.3. The van der Waals surface area contributed by atoms with E-state index in [-0.39, 0.29) is 6.61 Å². The van der Waals surface area contributed by atoms with E-state index in [1.165, 1.54) is 6.42 Å². The Labute approximate surface area is 169 Å². The van der Waals surface area contributed by atoms with E-state index in [1.54, 1.807) is 7.11 Å². The molecule has 0 bridgehead atoms. The van der Waals surface area contributed by atoms with Gasteiger partial charge in [0.1, 0.15) is 12.7 Å². The Hall–Kier alpha value is -1.34. The molecular formula is C22H38N2O4. The molecular weight excluding hydrogens is 356 g/mol. The Morgan fingerprint density at radius 2 is 1.86 bits per heavy atom. The molecule has 0 aliphatic heterocycles. The molecule has 0 heterocycles. The molecule has 0 aromatic heterocycles. The normalized spacial score (nSPS) is 17.5. The van der Waals surface area contributed by atoms with E-state index in [2.05, 4.69) is 24.1 Å². The third-order valence-electron chi connectivity index (χ3n) is 5.59. The lowest BCUT2D eigenvalue weighted by atomic mass is 9.85. The van der Waals surface area contributed by atoms with Gasteiger partial charge in [-0.1, -0.05) is 39.2 Å². The highest BCUT2D eigenvalue weighted by Crippen LogP contribution is 2.29. The van der Waals surface area contributed by atoms with Crippen molar-refractivity contribution >= 4 is 0 Å². The second-order valence-corrected chi connectivity index (χ2v) is 7.82. The fraction of sp³-hybridized carbons (Fsp3) is 0.727. The third-order valence-corrected chi connectivity index (χ3v) is 5.59. The number of ether oxygens (including phenoxy) is 2. The van der Waals surface area contributed by atoms with Crippen LogP contribution in [0.1, 0.15) is 51.5 Å². The van der Waals surface area contributed by atoms with Crippen molar-refractivity contribution in [2.75, 3.05) is 39.9 Å². The number of aliphatic hydroxyl groups excluding tert-OH is 1. The van der Waals surface area contributed by atoms with Gasteiger partial charge in [0.2, 0.25) is 0 Å². The number of nitrogens with one attached hydrogen (secondary N) is 1. The van der Waals surface area contributed by atoms with Gasteiger partial charge in [0, 0.05) is 19.6 Å². The second kappa shape index (κ2) is 11.6. The molecule has 2 rings (SSSR count). The first-order chi connectivity index (χ1) is 13.5. The summed E-state index contributed by atoms with van der Waals surface area (Å²) in [5, 5.41) is 24.1. The standard InChI is InChI=1S/C22H38N2O4/c1-4-24(5-2)15-19(25)16-28-20-10-9-18(13-21(20)27-3)14-23-17-22(26)11-7-6-8-12-22/h9-10,13,19,23,25-26H,4-8,11-12,14-17H2,1-3H3. The summed E-state index contributed by atoms with van der Waals surface area (Å²) >= 11 is 0. The van der Waals surface area contributed by atoms with Gasteiger partial charge in [0.15, 0.2) is 11.5 Å². The molecule has 3 N–H and O–H groups in total. The van der Waals surface area contributed by atoms with Crippen LogP contribution in [-0.2, 0) is 6.54 Å². The highest BCUT2D eigenvalue weighted by Gasteiger charge is 2.28. The van der Waals surface area contributed by atoms with Gasteiger partial charge >= 0.3 is 0 Å². The molecule has 0 spiro atoms. The molecule has 0 amide bonds. The van der Waals surface area contributed by atoms with Crippen molar-refractivity contribution in [1.82, 2.24) is 10.2 Å². The second-order valence-electron chi connectivity index (χ2n) is 7.82. The average Bonchev–Trinajstić information content (AvgIpc) is 2.71. The quantitative estimate of drug-likeness (QED) is 0.506. The smallest absolute Gasteiger partial charge is 0.161 e. The van der Waals surface area contributed by atoms with Crippen molar-refractivity contribution in [3.8, 4) is 11.5 Å². The van der Waals surface area contributed by atoms with Crippen LogP contribution < -0.4 is 14.8 Å².